The van der Waals surface area contributed by atoms with Gasteiger partial charge in [0.1, 0.15) is 11.6 Å². The van der Waals surface area contributed by atoms with E-state index in [2.05, 4.69) is 20.1 Å². The number of tetrazole rings is 1. The number of nitrogens with zero attached hydrogens (tertiary/aromatic N) is 4. The molecule has 192 valence electrons. The van der Waals surface area contributed by atoms with Crippen molar-refractivity contribution in [1.82, 2.24) is 24.9 Å². The number of carbonyl (C=O) groups excluding carboxylic acids is 1. The fraction of sp³-hybridized carbons (Fsp3) is 0.259. The molecule has 0 aliphatic rings. The third-order valence-corrected chi connectivity index (χ3v) is 6.86. The first-order valence-electron chi connectivity index (χ1n) is 11.8. The minimum absolute atomic E-state index is 0.00352. The van der Waals surface area contributed by atoms with E-state index in [4.69, 9.17) is 4.74 Å². The fourth-order valence-corrected chi connectivity index (χ4v) is 4.74. The van der Waals surface area contributed by atoms with Crippen LogP contribution in [0.4, 0.5) is 0 Å². The maximum absolute atomic E-state index is 13.2. The van der Waals surface area contributed by atoms with Crippen LogP contribution in [0.2, 0.25) is 0 Å². The number of ether oxygens (including phenoxy) is 1. The Morgan fingerprint density at radius 1 is 0.973 bits per heavy atom. The Morgan fingerprint density at radius 2 is 1.62 bits per heavy atom. The summed E-state index contributed by atoms with van der Waals surface area (Å²) in [6, 6.07) is 21.9. The number of sulfonamides is 1. The Hall–Kier alpha value is -3.89. The maximum Gasteiger partial charge on any atom is 0.325 e. The predicted molar refractivity (Wildman–Crippen MR) is 139 cm³/mol. The van der Waals surface area contributed by atoms with Gasteiger partial charge in [0.25, 0.3) is 0 Å². The van der Waals surface area contributed by atoms with E-state index in [1.165, 1.54) is 16.9 Å². The SMILES string of the molecule is Cc1ccc(-n2nnc(-c3ccc(S(=O)(=O)N[C@H](Cc4ccccc4)C(=O)OC(C)(C)C)cc3)n2)cc1. The molecule has 0 aliphatic heterocycles. The number of esters is 1. The molecule has 0 radical (unpaired) electrons. The third-order valence-electron chi connectivity index (χ3n) is 5.37. The van der Waals surface area contributed by atoms with Crippen LogP contribution in [-0.2, 0) is 26.0 Å². The average Bonchev–Trinajstić information content (AvgIpc) is 3.34. The van der Waals surface area contributed by atoms with Crippen molar-refractivity contribution >= 4 is 16.0 Å². The van der Waals surface area contributed by atoms with E-state index in [1.807, 2.05) is 61.5 Å². The summed E-state index contributed by atoms with van der Waals surface area (Å²) in [5.41, 5.74) is 2.53. The van der Waals surface area contributed by atoms with Crippen molar-refractivity contribution in [2.75, 3.05) is 0 Å². The number of aryl methyl sites for hydroxylation is 1. The smallest absolute Gasteiger partial charge is 0.325 e. The minimum atomic E-state index is -4.03. The molecular weight excluding hydrogens is 490 g/mol. The Morgan fingerprint density at radius 3 is 2.24 bits per heavy atom. The molecule has 1 N–H and O–H groups in total. The highest BCUT2D eigenvalue weighted by Gasteiger charge is 2.30. The van der Waals surface area contributed by atoms with Crippen molar-refractivity contribution in [3.05, 3.63) is 90.0 Å². The Kier molecular flexibility index (Phi) is 7.51. The minimum Gasteiger partial charge on any atom is -0.459 e. The molecule has 4 aromatic rings. The lowest BCUT2D eigenvalue weighted by Gasteiger charge is -2.24. The Bertz CT molecular complexity index is 1460. The number of benzene rings is 3. The van der Waals surface area contributed by atoms with Gasteiger partial charge in [-0.1, -0.05) is 48.0 Å². The predicted octanol–water partition coefficient (Wildman–Crippen LogP) is 3.87. The van der Waals surface area contributed by atoms with Crippen LogP contribution in [0.15, 0.2) is 83.8 Å². The van der Waals surface area contributed by atoms with Crippen LogP contribution in [0.3, 0.4) is 0 Å². The Balaban J connectivity index is 1.53. The van der Waals surface area contributed by atoms with E-state index in [0.717, 1.165) is 16.8 Å². The summed E-state index contributed by atoms with van der Waals surface area (Å²) >= 11 is 0. The van der Waals surface area contributed by atoms with Crippen LogP contribution in [-0.4, -0.2) is 46.2 Å². The van der Waals surface area contributed by atoms with E-state index in [0.29, 0.717) is 11.4 Å². The molecule has 0 aliphatic carbocycles. The number of aromatic nitrogens is 4. The van der Waals surface area contributed by atoms with Crippen molar-refractivity contribution in [3.8, 4) is 17.1 Å². The van der Waals surface area contributed by atoms with Gasteiger partial charge in [0.05, 0.1) is 10.6 Å². The van der Waals surface area contributed by atoms with Gasteiger partial charge in [-0.3, -0.25) is 4.79 Å². The van der Waals surface area contributed by atoms with Gasteiger partial charge in [-0.15, -0.1) is 15.0 Å². The van der Waals surface area contributed by atoms with Crippen molar-refractivity contribution in [2.24, 2.45) is 0 Å². The van der Waals surface area contributed by atoms with E-state index in [9.17, 15) is 13.2 Å². The van der Waals surface area contributed by atoms with Crippen molar-refractivity contribution in [3.63, 3.8) is 0 Å². The van der Waals surface area contributed by atoms with Crippen LogP contribution >= 0.6 is 0 Å². The zero-order chi connectivity index (χ0) is 26.6. The van der Waals surface area contributed by atoms with Crippen molar-refractivity contribution in [2.45, 2.75) is 50.7 Å². The summed E-state index contributed by atoms with van der Waals surface area (Å²) in [5, 5.41) is 12.6. The van der Waals surface area contributed by atoms with Crippen LogP contribution < -0.4 is 4.72 Å². The second-order valence-electron chi connectivity index (χ2n) is 9.66. The normalized spacial score (nSPS) is 12.8. The summed E-state index contributed by atoms with van der Waals surface area (Å²) in [4.78, 5) is 14.3. The molecule has 37 heavy (non-hydrogen) atoms. The molecule has 3 aromatic carbocycles. The molecule has 0 unspecified atom stereocenters. The first kappa shape index (κ1) is 26.2. The average molecular weight is 520 g/mol. The van der Waals surface area contributed by atoms with E-state index >= 15 is 0 Å². The molecule has 0 amide bonds. The second-order valence-corrected chi connectivity index (χ2v) is 11.4. The van der Waals surface area contributed by atoms with Gasteiger partial charge in [0.15, 0.2) is 0 Å². The van der Waals surface area contributed by atoms with Crippen LogP contribution in [0, 0.1) is 6.92 Å². The lowest BCUT2D eigenvalue weighted by atomic mass is 10.1. The molecule has 0 spiro atoms. The zero-order valence-electron chi connectivity index (χ0n) is 21.1. The van der Waals surface area contributed by atoms with Gasteiger partial charge in [0.2, 0.25) is 15.8 Å². The van der Waals surface area contributed by atoms with Gasteiger partial charge in [0, 0.05) is 5.56 Å². The van der Waals surface area contributed by atoms with E-state index in [1.54, 1.807) is 32.9 Å². The first-order valence-corrected chi connectivity index (χ1v) is 13.3. The van der Waals surface area contributed by atoms with Gasteiger partial charge in [-0.05, 0) is 81.3 Å². The number of carbonyl (C=O) groups is 1. The largest absolute Gasteiger partial charge is 0.459 e. The number of hydrogen-bond acceptors (Lipinski definition) is 7. The zero-order valence-corrected chi connectivity index (χ0v) is 21.9. The Labute approximate surface area is 216 Å². The fourth-order valence-electron chi connectivity index (χ4n) is 3.55. The molecule has 10 heteroatoms. The topological polar surface area (TPSA) is 116 Å². The molecular formula is C27H29N5O4S. The van der Waals surface area contributed by atoms with Gasteiger partial charge in [-0.2, -0.15) is 4.72 Å². The molecule has 0 bridgehead atoms. The van der Waals surface area contributed by atoms with E-state index in [-0.39, 0.29) is 11.3 Å². The number of hydrogen-bond donors (Lipinski definition) is 1. The second kappa shape index (κ2) is 10.6. The monoisotopic (exact) mass is 519 g/mol. The molecule has 1 atom stereocenters. The lowest BCUT2D eigenvalue weighted by Crippen LogP contribution is -2.45. The molecule has 1 aromatic heterocycles. The first-order chi connectivity index (χ1) is 17.5. The van der Waals surface area contributed by atoms with Crippen molar-refractivity contribution in [1.29, 1.82) is 0 Å². The highest BCUT2D eigenvalue weighted by Crippen LogP contribution is 2.20. The van der Waals surface area contributed by atoms with E-state index < -0.39 is 27.6 Å². The summed E-state index contributed by atoms with van der Waals surface area (Å²) in [6.45, 7) is 7.20. The molecule has 4 rings (SSSR count). The summed E-state index contributed by atoms with van der Waals surface area (Å²) < 4.78 is 34.4. The highest BCUT2D eigenvalue weighted by atomic mass is 32.2. The number of nitrogens with one attached hydrogen (secondary N) is 1. The maximum atomic E-state index is 13.2. The third kappa shape index (κ3) is 6.87. The summed E-state index contributed by atoms with van der Waals surface area (Å²) in [7, 11) is -4.03. The molecule has 0 saturated heterocycles. The molecule has 9 nitrogen and oxygen atoms in total. The highest BCUT2D eigenvalue weighted by molar-refractivity contribution is 7.89. The summed E-state index contributed by atoms with van der Waals surface area (Å²) in [5.74, 6) is -0.290. The van der Waals surface area contributed by atoms with Crippen LogP contribution in [0.5, 0.6) is 0 Å². The van der Waals surface area contributed by atoms with Crippen LogP contribution in [0.1, 0.15) is 31.9 Å². The quantitative estimate of drug-likeness (QED) is 0.351. The van der Waals surface area contributed by atoms with Gasteiger partial charge < -0.3 is 4.74 Å². The van der Waals surface area contributed by atoms with Gasteiger partial charge >= 0.3 is 5.97 Å². The summed E-state index contributed by atoms with van der Waals surface area (Å²) in [6.07, 6.45) is 0.152. The van der Waals surface area contributed by atoms with Gasteiger partial charge in [-0.25, -0.2) is 8.42 Å². The molecule has 0 saturated carbocycles. The standard InChI is InChI=1S/C27H29N5O4S/c1-19-10-14-22(15-11-19)32-29-25(28-31-32)21-12-16-23(17-13-21)37(34,35)30-24(26(33)36-27(2,3)4)18-20-8-6-5-7-9-20/h5-17,24,30H,18H2,1-4H3/t24-/m1/s1. The van der Waals surface area contributed by atoms with Crippen LogP contribution in [0.25, 0.3) is 17.1 Å². The lowest BCUT2D eigenvalue weighted by molar-refractivity contribution is -0.156. The number of rotatable bonds is 8. The molecule has 1 heterocycles. The molecule has 0 fully saturated rings. The van der Waals surface area contributed by atoms with Crippen molar-refractivity contribution < 1.29 is 17.9 Å².